The molecule has 1 aliphatic heterocycles. The van der Waals surface area contributed by atoms with Crippen molar-refractivity contribution in [1.29, 1.82) is 0 Å². The van der Waals surface area contributed by atoms with Gasteiger partial charge in [0.05, 0.1) is 16.9 Å². The fourth-order valence-corrected chi connectivity index (χ4v) is 3.69. The van der Waals surface area contributed by atoms with Crippen LogP contribution < -0.4 is 10.5 Å². The Morgan fingerprint density at radius 3 is 2.31 bits per heavy atom. The van der Waals surface area contributed by atoms with E-state index in [1.54, 1.807) is 11.9 Å². The Morgan fingerprint density at radius 1 is 1.12 bits per heavy atom. The van der Waals surface area contributed by atoms with Crippen molar-refractivity contribution in [3.05, 3.63) is 60.2 Å². The van der Waals surface area contributed by atoms with Crippen molar-refractivity contribution in [3.63, 3.8) is 0 Å². The van der Waals surface area contributed by atoms with Crippen molar-refractivity contribution in [2.45, 2.75) is 17.4 Å². The van der Waals surface area contributed by atoms with Crippen molar-refractivity contribution in [2.24, 2.45) is 11.1 Å². The van der Waals surface area contributed by atoms with Gasteiger partial charge in [0.15, 0.2) is 0 Å². The van der Waals surface area contributed by atoms with Gasteiger partial charge < -0.3 is 10.2 Å². The van der Waals surface area contributed by atoms with E-state index in [0.29, 0.717) is 5.69 Å². The third-order valence-corrected chi connectivity index (χ3v) is 5.44. The molecule has 2 amide bonds. The molecule has 1 aliphatic rings. The Balaban J connectivity index is 1.81. The molecular formula is C18H19N3O4S. The standard InChI is InChI=1S/C18H19N3O4S/c1-21-16(22)11-15(17(21)12-5-3-2-4-6-12)18(23)20-13-7-9-14(10-8-13)26(19,24)25/h2-10,15,17H,11H2,1H3,(H,20,23)(H2,19,24,25). The Bertz CT molecular complexity index is 927. The van der Waals surface area contributed by atoms with Crippen molar-refractivity contribution < 1.29 is 18.0 Å². The predicted octanol–water partition coefficient (Wildman–Crippen LogP) is 1.49. The summed E-state index contributed by atoms with van der Waals surface area (Å²) < 4.78 is 22.6. The third-order valence-electron chi connectivity index (χ3n) is 4.51. The monoisotopic (exact) mass is 373 g/mol. The summed E-state index contributed by atoms with van der Waals surface area (Å²) >= 11 is 0. The summed E-state index contributed by atoms with van der Waals surface area (Å²) in [6, 6.07) is 14.6. The molecule has 0 radical (unpaired) electrons. The van der Waals surface area contributed by atoms with E-state index in [2.05, 4.69) is 5.32 Å². The van der Waals surface area contributed by atoms with E-state index >= 15 is 0 Å². The lowest BCUT2D eigenvalue weighted by atomic mass is 9.93. The average molecular weight is 373 g/mol. The van der Waals surface area contributed by atoms with Crippen LogP contribution >= 0.6 is 0 Å². The number of nitrogens with zero attached hydrogens (tertiary/aromatic N) is 1. The molecule has 0 bridgehead atoms. The molecule has 1 saturated heterocycles. The molecule has 2 aromatic rings. The number of anilines is 1. The molecular weight excluding hydrogens is 354 g/mol. The SMILES string of the molecule is CN1C(=O)CC(C(=O)Nc2ccc(S(N)(=O)=O)cc2)C1c1ccccc1. The molecule has 0 saturated carbocycles. The lowest BCUT2D eigenvalue weighted by molar-refractivity contribution is -0.127. The highest BCUT2D eigenvalue weighted by molar-refractivity contribution is 7.89. The van der Waals surface area contributed by atoms with Gasteiger partial charge in [-0.3, -0.25) is 9.59 Å². The van der Waals surface area contributed by atoms with Gasteiger partial charge in [-0.15, -0.1) is 0 Å². The Labute approximate surface area is 151 Å². The zero-order valence-electron chi connectivity index (χ0n) is 14.1. The lowest BCUT2D eigenvalue weighted by Crippen LogP contribution is -2.30. The number of carbonyl (C=O) groups excluding carboxylic acids is 2. The number of hydrogen-bond donors (Lipinski definition) is 2. The molecule has 2 atom stereocenters. The van der Waals surface area contributed by atoms with Crippen molar-refractivity contribution >= 4 is 27.5 Å². The zero-order valence-corrected chi connectivity index (χ0v) is 14.9. The minimum Gasteiger partial charge on any atom is -0.338 e. The summed E-state index contributed by atoms with van der Waals surface area (Å²) in [4.78, 5) is 26.4. The Kier molecular flexibility index (Phi) is 4.80. The second kappa shape index (κ2) is 6.89. The molecule has 0 aromatic heterocycles. The molecule has 26 heavy (non-hydrogen) atoms. The fraction of sp³-hybridized carbons (Fsp3) is 0.222. The van der Waals surface area contributed by atoms with Crippen LogP contribution in [0.15, 0.2) is 59.5 Å². The molecule has 136 valence electrons. The molecule has 3 N–H and O–H groups in total. The summed E-state index contributed by atoms with van der Waals surface area (Å²) in [6.45, 7) is 0. The number of rotatable bonds is 4. The molecule has 2 aromatic carbocycles. The first kappa shape index (κ1) is 18.1. The van der Waals surface area contributed by atoms with Crippen molar-refractivity contribution in [3.8, 4) is 0 Å². The van der Waals surface area contributed by atoms with Gasteiger partial charge >= 0.3 is 0 Å². The average Bonchev–Trinajstić information content (AvgIpc) is 2.91. The topological polar surface area (TPSA) is 110 Å². The first-order valence-electron chi connectivity index (χ1n) is 8.01. The van der Waals surface area contributed by atoms with Gasteiger partial charge in [0.2, 0.25) is 21.8 Å². The summed E-state index contributed by atoms with van der Waals surface area (Å²) in [7, 11) is -2.10. The van der Waals surface area contributed by atoms with Gasteiger partial charge in [0, 0.05) is 19.2 Å². The van der Waals surface area contributed by atoms with Crippen LogP contribution in [0, 0.1) is 5.92 Å². The molecule has 1 heterocycles. The van der Waals surface area contributed by atoms with Crippen LogP contribution in [0.2, 0.25) is 0 Å². The Hall–Kier alpha value is -2.71. The smallest absolute Gasteiger partial charge is 0.238 e. The number of amides is 2. The van der Waals surface area contributed by atoms with Gasteiger partial charge in [-0.25, -0.2) is 13.6 Å². The van der Waals surface area contributed by atoms with Gasteiger partial charge in [0.25, 0.3) is 0 Å². The molecule has 1 fully saturated rings. The van der Waals surface area contributed by atoms with E-state index in [9.17, 15) is 18.0 Å². The van der Waals surface area contributed by atoms with Crippen LogP contribution in [0.3, 0.4) is 0 Å². The van der Waals surface area contributed by atoms with Crippen LogP contribution in [0.25, 0.3) is 0 Å². The summed E-state index contributed by atoms with van der Waals surface area (Å²) in [6.07, 6.45) is 0.122. The number of sulfonamides is 1. The van der Waals surface area contributed by atoms with Crippen LogP contribution in [-0.4, -0.2) is 32.2 Å². The summed E-state index contributed by atoms with van der Waals surface area (Å²) in [5.74, 6) is -0.920. The highest BCUT2D eigenvalue weighted by Crippen LogP contribution is 2.37. The maximum atomic E-state index is 12.7. The van der Waals surface area contributed by atoms with Gasteiger partial charge in [-0.2, -0.15) is 0 Å². The first-order valence-corrected chi connectivity index (χ1v) is 9.56. The summed E-state index contributed by atoms with van der Waals surface area (Å²) in [5.41, 5.74) is 1.33. The number of carbonyl (C=O) groups is 2. The predicted molar refractivity (Wildman–Crippen MR) is 96.5 cm³/mol. The number of hydrogen-bond acceptors (Lipinski definition) is 4. The Morgan fingerprint density at radius 2 is 1.73 bits per heavy atom. The molecule has 7 nitrogen and oxygen atoms in total. The van der Waals surface area contributed by atoms with E-state index in [4.69, 9.17) is 5.14 Å². The zero-order chi connectivity index (χ0) is 18.9. The van der Waals surface area contributed by atoms with Crippen molar-refractivity contribution in [1.82, 2.24) is 4.90 Å². The summed E-state index contributed by atoms with van der Waals surface area (Å²) in [5, 5.41) is 7.81. The van der Waals surface area contributed by atoms with Crippen LogP contribution in [0.5, 0.6) is 0 Å². The van der Waals surface area contributed by atoms with E-state index in [1.807, 2.05) is 30.3 Å². The molecule has 8 heteroatoms. The third kappa shape index (κ3) is 3.61. The maximum absolute atomic E-state index is 12.7. The highest BCUT2D eigenvalue weighted by Gasteiger charge is 2.42. The number of likely N-dealkylation sites (tertiary alicyclic amines) is 1. The number of benzene rings is 2. The van der Waals surface area contributed by atoms with Gasteiger partial charge in [-0.1, -0.05) is 30.3 Å². The van der Waals surface area contributed by atoms with Crippen molar-refractivity contribution in [2.75, 3.05) is 12.4 Å². The second-order valence-corrected chi connectivity index (χ2v) is 7.79. The number of primary sulfonamides is 1. The minimum atomic E-state index is -3.79. The van der Waals surface area contributed by atoms with E-state index in [-0.39, 0.29) is 29.2 Å². The van der Waals surface area contributed by atoms with E-state index in [1.165, 1.54) is 24.3 Å². The maximum Gasteiger partial charge on any atom is 0.238 e. The highest BCUT2D eigenvalue weighted by atomic mass is 32.2. The molecule has 2 unspecified atom stereocenters. The largest absolute Gasteiger partial charge is 0.338 e. The molecule has 3 rings (SSSR count). The van der Waals surface area contributed by atoms with E-state index < -0.39 is 15.9 Å². The van der Waals surface area contributed by atoms with Crippen LogP contribution in [-0.2, 0) is 19.6 Å². The van der Waals surface area contributed by atoms with Gasteiger partial charge in [-0.05, 0) is 29.8 Å². The van der Waals surface area contributed by atoms with Gasteiger partial charge in [0.1, 0.15) is 0 Å². The lowest BCUT2D eigenvalue weighted by Gasteiger charge is -2.25. The quantitative estimate of drug-likeness (QED) is 0.846. The number of nitrogens with one attached hydrogen (secondary N) is 1. The first-order chi connectivity index (χ1) is 12.3. The molecule has 0 spiro atoms. The van der Waals surface area contributed by atoms with Crippen LogP contribution in [0.4, 0.5) is 5.69 Å². The van der Waals surface area contributed by atoms with Crippen LogP contribution in [0.1, 0.15) is 18.0 Å². The number of nitrogens with two attached hydrogens (primary N) is 1. The second-order valence-electron chi connectivity index (χ2n) is 6.23. The van der Waals surface area contributed by atoms with E-state index in [0.717, 1.165) is 5.56 Å². The normalized spacial score (nSPS) is 20.2. The molecule has 0 aliphatic carbocycles. The fourth-order valence-electron chi connectivity index (χ4n) is 3.17. The minimum absolute atomic E-state index is 0.0339.